The van der Waals surface area contributed by atoms with Crippen molar-refractivity contribution in [1.29, 1.82) is 0 Å². The van der Waals surface area contributed by atoms with Crippen LogP contribution in [-0.4, -0.2) is 14.2 Å². The molecular formula is C12H14O2S2. The molecule has 0 amide bonds. The van der Waals surface area contributed by atoms with E-state index in [2.05, 4.69) is 0 Å². The Hall–Kier alpha value is -0.870. The summed E-state index contributed by atoms with van der Waals surface area (Å²) in [6.07, 6.45) is 0. The van der Waals surface area contributed by atoms with Gasteiger partial charge in [0.15, 0.2) is 9.84 Å². The molecule has 0 aliphatic carbocycles. The summed E-state index contributed by atoms with van der Waals surface area (Å²) in [6.45, 7) is 3.74. The van der Waals surface area contributed by atoms with Crippen molar-refractivity contribution in [3.8, 4) is 0 Å². The molecule has 2 nitrogen and oxygen atoms in total. The molecule has 16 heavy (non-hydrogen) atoms. The van der Waals surface area contributed by atoms with Crippen LogP contribution in [-0.2, 0) is 15.6 Å². The topological polar surface area (TPSA) is 34.1 Å². The van der Waals surface area contributed by atoms with Crippen LogP contribution in [0.5, 0.6) is 0 Å². The van der Waals surface area contributed by atoms with Crippen molar-refractivity contribution < 1.29 is 8.42 Å². The summed E-state index contributed by atoms with van der Waals surface area (Å²) in [5.41, 5.74) is 1.20. The van der Waals surface area contributed by atoms with Crippen LogP contribution in [0.3, 0.4) is 0 Å². The zero-order valence-electron chi connectivity index (χ0n) is 9.36. The molecule has 86 valence electrons. The highest BCUT2D eigenvalue weighted by Gasteiger charge is 2.12. The fourth-order valence-electron chi connectivity index (χ4n) is 1.65. The molecule has 0 radical (unpaired) electrons. The van der Waals surface area contributed by atoms with Crippen molar-refractivity contribution >= 4 is 31.3 Å². The summed E-state index contributed by atoms with van der Waals surface area (Å²) in [7, 11) is -2.92. The Morgan fingerprint density at radius 3 is 2.69 bits per heavy atom. The Balaban J connectivity index is 2.45. The van der Waals surface area contributed by atoms with E-state index in [1.165, 1.54) is 15.6 Å². The largest absolute Gasteiger partial charge is 0.228 e. The first-order valence-electron chi connectivity index (χ1n) is 5.20. The highest BCUT2D eigenvalue weighted by molar-refractivity contribution is 7.90. The van der Waals surface area contributed by atoms with E-state index in [0.29, 0.717) is 0 Å². The third-order valence-corrected chi connectivity index (χ3v) is 5.55. The van der Waals surface area contributed by atoms with Gasteiger partial charge in [0, 0.05) is 15.3 Å². The van der Waals surface area contributed by atoms with Gasteiger partial charge in [0.2, 0.25) is 0 Å². The Kier molecular flexibility index (Phi) is 3.04. The van der Waals surface area contributed by atoms with Crippen molar-refractivity contribution in [3.05, 3.63) is 34.7 Å². The Labute approximate surface area is 99.8 Å². The monoisotopic (exact) mass is 254 g/mol. The minimum atomic E-state index is -2.92. The minimum Gasteiger partial charge on any atom is -0.228 e. The van der Waals surface area contributed by atoms with Crippen LogP contribution in [0.15, 0.2) is 24.3 Å². The van der Waals surface area contributed by atoms with E-state index in [0.717, 1.165) is 4.88 Å². The van der Waals surface area contributed by atoms with Crippen molar-refractivity contribution in [3.63, 3.8) is 0 Å². The summed E-state index contributed by atoms with van der Waals surface area (Å²) in [4.78, 5) is 0.936. The molecule has 0 fully saturated rings. The fourth-order valence-corrected chi connectivity index (χ4v) is 4.08. The second-order valence-electron chi connectivity index (χ2n) is 3.88. The molecule has 0 N–H and O–H groups in total. The van der Waals surface area contributed by atoms with Crippen LogP contribution >= 0.6 is 11.3 Å². The van der Waals surface area contributed by atoms with Crippen molar-refractivity contribution in [2.24, 2.45) is 0 Å². The van der Waals surface area contributed by atoms with E-state index in [1.54, 1.807) is 18.3 Å². The van der Waals surface area contributed by atoms with E-state index >= 15 is 0 Å². The van der Waals surface area contributed by atoms with Gasteiger partial charge >= 0.3 is 0 Å². The van der Waals surface area contributed by atoms with Gasteiger partial charge in [-0.15, -0.1) is 11.3 Å². The summed E-state index contributed by atoms with van der Waals surface area (Å²) in [6, 6.07) is 8.09. The predicted molar refractivity (Wildman–Crippen MR) is 69.7 cm³/mol. The highest BCUT2D eigenvalue weighted by atomic mass is 32.2. The van der Waals surface area contributed by atoms with Gasteiger partial charge in [0.1, 0.15) is 0 Å². The number of hydrogen-bond donors (Lipinski definition) is 0. The van der Waals surface area contributed by atoms with Crippen molar-refractivity contribution in [1.82, 2.24) is 0 Å². The van der Waals surface area contributed by atoms with Gasteiger partial charge in [-0.3, -0.25) is 0 Å². The zero-order valence-corrected chi connectivity index (χ0v) is 11.0. The number of fused-ring (bicyclic) bond motifs is 1. The molecular weight excluding hydrogens is 240 g/mol. The third-order valence-electron chi connectivity index (χ3n) is 2.63. The Morgan fingerprint density at radius 2 is 2.06 bits per heavy atom. The number of sulfone groups is 1. The molecule has 0 unspecified atom stereocenters. The molecule has 0 saturated carbocycles. The predicted octanol–water partition coefficient (Wildman–Crippen LogP) is 3.14. The quantitative estimate of drug-likeness (QED) is 0.843. The van der Waals surface area contributed by atoms with Crippen LogP contribution in [0.1, 0.15) is 17.4 Å². The number of hydrogen-bond acceptors (Lipinski definition) is 3. The summed E-state index contributed by atoms with van der Waals surface area (Å²) in [5.74, 6) is 0.377. The lowest BCUT2D eigenvalue weighted by Gasteiger charge is -1.96. The molecule has 1 heterocycles. The fraction of sp³-hybridized carbons (Fsp3) is 0.333. The number of thiophene rings is 1. The number of benzene rings is 1. The normalized spacial score (nSPS) is 12.1. The lowest BCUT2D eigenvalue weighted by molar-refractivity contribution is 0.597. The molecule has 0 spiro atoms. The second kappa shape index (κ2) is 4.18. The summed E-state index contributed by atoms with van der Waals surface area (Å²) >= 11 is 1.57. The first-order chi connectivity index (χ1) is 7.52. The standard InChI is InChI=1S/C12H14O2S2/c1-3-16(13,14)8-10-7-11-9(2)5-4-6-12(11)15-10/h4-7H,3,8H2,1-2H3. The van der Waals surface area contributed by atoms with Crippen LogP contribution in [0.25, 0.3) is 10.1 Å². The first kappa shape index (κ1) is 11.6. The van der Waals surface area contributed by atoms with Gasteiger partial charge in [-0.25, -0.2) is 8.42 Å². The van der Waals surface area contributed by atoms with Crippen molar-refractivity contribution in [2.75, 3.05) is 5.75 Å². The van der Waals surface area contributed by atoms with Crippen LogP contribution in [0, 0.1) is 6.92 Å². The van der Waals surface area contributed by atoms with Gasteiger partial charge in [-0.2, -0.15) is 0 Å². The molecule has 0 bridgehead atoms. The van der Waals surface area contributed by atoms with Crippen LogP contribution in [0.4, 0.5) is 0 Å². The average Bonchev–Trinajstić information content (AvgIpc) is 2.61. The molecule has 0 aliphatic rings. The van der Waals surface area contributed by atoms with E-state index in [4.69, 9.17) is 0 Å². The maximum Gasteiger partial charge on any atom is 0.154 e. The van der Waals surface area contributed by atoms with Gasteiger partial charge in [-0.05, 0) is 30.0 Å². The molecule has 0 saturated heterocycles. The third kappa shape index (κ3) is 2.28. The van der Waals surface area contributed by atoms with Crippen LogP contribution in [0.2, 0.25) is 0 Å². The summed E-state index contributed by atoms with van der Waals surface area (Å²) in [5, 5.41) is 1.17. The molecule has 1 aromatic carbocycles. The van der Waals surface area contributed by atoms with Gasteiger partial charge in [-0.1, -0.05) is 19.1 Å². The molecule has 2 aromatic rings. The summed E-state index contributed by atoms with van der Waals surface area (Å²) < 4.78 is 24.2. The lowest BCUT2D eigenvalue weighted by Crippen LogP contribution is -2.04. The van der Waals surface area contributed by atoms with Gasteiger partial charge in [0.05, 0.1) is 5.75 Å². The van der Waals surface area contributed by atoms with E-state index < -0.39 is 9.84 Å². The van der Waals surface area contributed by atoms with Crippen LogP contribution < -0.4 is 0 Å². The second-order valence-corrected chi connectivity index (χ2v) is 7.40. The molecule has 4 heteroatoms. The van der Waals surface area contributed by atoms with E-state index in [9.17, 15) is 8.42 Å². The van der Waals surface area contributed by atoms with Gasteiger partial charge < -0.3 is 0 Å². The molecule has 1 aromatic heterocycles. The highest BCUT2D eigenvalue weighted by Crippen LogP contribution is 2.29. The molecule has 2 rings (SSSR count). The first-order valence-corrected chi connectivity index (χ1v) is 7.84. The van der Waals surface area contributed by atoms with E-state index in [-0.39, 0.29) is 11.5 Å². The SMILES string of the molecule is CCS(=O)(=O)Cc1cc2c(C)cccc2s1. The number of aryl methyl sites for hydroxylation is 1. The van der Waals surface area contributed by atoms with E-state index in [1.807, 2.05) is 31.2 Å². The Morgan fingerprint density at radius 1 is 1.31 bits per heavy atom. The molecule has 0 atom stereocenters. The van der Waals surface area contributed by atoms with Crippen molar-refractivity contribution in [2.45, 2.75) is 19.6 Å². The average molecular weight is 254 g/mol. The number of rotatable bonds is 3. The Bertz CT molecular complexity index is 609. The molecule has 0 aliphatic heterocycles. The smallest absolute Gasteiger partial charge is 0.154 e. The van der Waals surface area contributed by atoms with Gasteiger partial charge in [0.25, 0.3) is 0 Å². The zero-order chi connectivity index (χ0) is 11.8. The lowest BCUT2D eigenvalue weighted by atomic mass is 10.1. The maximum absolute atomic E-state index is 11.5. The minimum absolute atomic E-state index is 0.169. The maximum atomic E-state index is 11.5.